The van der Waals surface area contributed by atoms with Gasteiger partial charge in [-0.05, 0) is 54.1 Å². The molecule has 6 rings (SSSR count). The highest BCUT2D eigenvalue weighted by atomic mass is 19.1. The van der Waals surface area contributed by atoms with Gasteiger partial charge in [0.1, 0.15) is 12.4 Å². The number of piperazine rings is 1. The van der Waals surface area contributed by atoms with Gasteiger partial charge < -0.3 is 24.2 Å². The van der Waals surface area contributed by atoms with Crippen molar-refractivity contribution in [1.82, 2.24) is 20.0 Å². The molecule has 208 valence electrons. The molecule has 1 saturated heterocycles. The van der Waals surface area contributed by atoms with Crippen LogP contribution in [0.1, 0.15) is 15.9 Å². The predicted octanol–water partition coefficient (Wildman–Crippen LogP) is 4.00. The number of aromatic nitrogens is 2. The van der Waals surface area contributed by atoms with E-state index in [1.807, 2.05) is 48.5 Å². The standard InChI is InChI=1S/C31H28FN5O4/c32-25-9-7-24(8-10-25)31(39)37(19-22-6-12-27-28(18-22)41-21-40-27)20-30(38)36-16-14-35(15-17-36)29-13-11-26(33-34-29)23-4-2-1-3-5-23/h1-13,18H,14-17,19-21H2. The van der Waals surface area contributed by atoms with E-state index >= 15 is 0 Å². The minimum Gasteiger partial charge on any atom is -0.454 e. The number of amides is 2. The lowest BCUT2D eigenvalue weighted by atomic mass is 10.1. The highest BCUT2D eigenvalue weighted by molar-refractivity contribution is 5.96. The third-order valence-electron chi connectivity index (χ3n) is 7.19. The minimum atomic E-state index is -0.433. The Morgan fingerprint density at radius 1 is 0.829 bits per heavy atom. The summed E-state index contributed by atoms with van der Waals surface area (Å²) in [4.78, 5) is 32.2. The molecule has 0 atom stereocenters. The predicted molar refractivity (Wildman–Crippen MR) is 150 cm³/mol. The number of hydrogen-bond acceptors (Lipinski definition) is 7. The van der Waals surface area contributed by atoms with Gasteiger partial charge in [0.05, 0.1) is 5.69 Å². The van der Waals surface area contributed by atoms with Crippen molar-refractivity contribution in [2.24, 2.45) is 0 Å². The molecule has 0 aliphatic carbocycles. The number of halogens is 1. The van der Waals surface area contributed by atoms with Crippen LogP contribution in [0.15, 0.2) is 84.9 Å². The van der Waals surface area contributed by atoms with Crippen LogP contribution >= 0.6 is 0 Å². The number of ether oxygens (including phenoxy) is 2. The molecule has 9 nitrogen and oxygen atoms in total. The first-order valence-corrected chi connectivity index (χ1v) is 13.4. The molecule has 4 aromatic rings. The van der Waals surface area contributed by atoms with Crippen LogP contribution in [0.4, 0.5) is 10.2 Å². The first kappa shape index (κ1) is 26.2. The molecule has 0 spiro atoms. The Bertz CT molecular complexity index is 1520. The van der Waals surface area contributed by atoms with Gasteiger partial charge in [-0.15, -0.1) is 10.2 Å². The monoisotopic (exact) mass is 553 g/mol. The molecule has 1 fully saturated rings. The van der Waals surface area contributed by atoms with E-state index in [4.69, 9.17) is 9.47 Å². The zero-order valence-corrected chi connectivity index (χ0v) is 22.3. The highest BCUT2D eigenvalue weighted by Crippen LogP contribution is 2.33. The molecule has 0 bridgehead atoms. The van der Waals surface area contributed by atoms with Crippen LogP contribution in [0.2, 0.25) is 0 Å². The van der Waals surface area contributed by atoms with E-state index in [-0.39, 0.29) is 31.7 Å². The maximum absolute atomic E-state index is 13.5. The van der Waals surface area contributed by atoms with Gasteiger partial charge in [-0.2, -0.15) is 0 Å². The second kappa shape index (κ2) is 11.6. The van der Waals surface area contributed by atoms with Gasteiger partial charge in [0.15, 0.2) is 17.3 Å². The number of carbonyl (C=O) groups excluding carboxylic acids is 2. The van der Waals surface area contributed by atoms with Crippen LogP contribution in [-0.2, 0) is 11.3 Å². The summed E-state index contributed by atoms with van der Waals surface area (Å²) in [6, 6.07) is 24.5. The fraction of sp³-hybridized carbons (Fsp3) is 0.226. The highest BCUT2D eigenvalue weighted by Gasteiger charge is 2.27. The summed E-state index contributed by atoms with van der Waals surface area (Å²) in [5, 5.41) is 8.78. The van der Waals surface area contributed by atoms with Gasteiger partial charge in [-0.1, -0.05) is 36.4 Å². The quantitative estimate of drug-likeness (QED) is 0.342. The lowest BCUT2D eigenvalue weighted by molar-refractivity contribution is -0.132. The average molecular weight is 554 g/mol. The van der Waals surface area contributed by atoms with E-state index in [0.29, 0.717) is 43.2 Å². The molecule has 0 unspecified atom stereocenters. The van der Waals surface area contributed by atoms with Gasteiger partial charge in [0.2, 0.25) is 12.7 Å². The number of fused-ring (bicyclic) bond motifs is 1. The first-order valence-electron chi connectivity index (χ1n) is 13.4. The van der Waals surface area contributed by atoms with Crippen molar-refractivity contribution in [2.75, 3.05) is 44.4 Å². The van der Waals surface area contributed by atoms with Gasteiger partial charge in [-0.3, -0.25) is 9.59 Å². The fourth-order valence-corrected chi connectivity index (χ4v) is 4.94. The summed E-state index contributed by atoms with van der Waals surface area (Å²) in [5.41, 5.74) is 2.90. The molecule has 0 N–H and O–H groups in total. The van der Waals surface area contributed by atoms with E-state index in [2.05, 4.69) is 15.1 Å². The summed E-state index contributed by atoms with van der Waals surface area (Å²) in [7, 11) is 0. The SMILES string of the molecule is O=C(CN(Cc1ccc2c(c1)OCO2)C(=O)c1ccc(F)cc1)N1CCN(c2ccc(-c3ccccc3)nn2)CC1. The van der Waals surface area contributed by atoms with Crippen LogP contribution < -0.4 is 14.4 Å². The van der Waals surface area contributed by atoms with E-state index < -0.39 is 5.82 Å². The molecule has 2 aliphatic rings. The Labute approximate surface area is 236 Å². The molecule has 0 saturated carbocycles. The van der Waals surface area contributed by atoms with Crippen LogP contribution in [0, 0.1) is 5.82 Å². The van der Waals surface area contributed by atoms with E-state index in [0.717, 1.165) is 22.6 Å². The normalized spacial score (nSPS) is 14.2. The Morgan fingerprint density at radius 2 is 1.59 bits per heavy atom. The fourth-order valence-electron chi connectivity index (χ4n) is 4.94. The Hall–Kier alpha value is -4.99. The van der Waals surface area contributed by atoms with Crippen molar-refractivity contribution >= 4 is 17.6 Å². The summed E-state index contributed by atoms with van der Waals surface area (Å²) < 4.78 is 24.4. The second-order valence-electron chi connectivity index (χ2n) is 9.87. The van der Waals surface area contributed by atoms with Gasteiger partial charge in [0, 0.05) is 43.9 Å². The number of rotatable bonds is 7. The molecule has 10 heteroatoms. The van der Waals surface area contributed by atoms with Crippen molar-refractivity contribution in [3.63, 3.8) is 0 Å². The lowest BCUT2D eigenvalue weighted by Gasteiger charge is -2.36. The number of nitrogens with zero attached hydrogens (tertiary/aromatic N) is 5. The van der Waals surface area contributed by atoms with Crippen molar-refractivity contribution < 1.29 is 23.5 Å². The Balaban J connectivity index is 1.11. The first-order chi connectivity index (χ1) is 20.0. The molecule has 3 aromatic carbocycles. The maximum atomic E-state index is 13.5. The molecular weight excluding hydrogens is 525 g/mol. The molecule has 1 aromatic heterocycles. The summed E-state index contributed by atoms with van der Waals surface area (Å²) in [6.07, 6.45) is 0. The molecule has 2 amide bonds. The van der Waals surface area contributed by atoms with Crippen molar-refractivity contribution in [3.8, 4) is 22.8 Å². The molecule has 2 aliphatic heterocycles. The van der Waals surface area contributed by atoms with Crippen LogP contribution in [0.25, 0.3) is 11.3 Å². The Morgan fingerprint density at radius 3 is 2.32 bits per heavy atom. The van der Waals surface area contributed by atoms with Crippen molar-refractivity contribution in [3.05, 3.63) is 102 Å². The average Bonchev–Trinajstić information content (AvgIpc) is 3.49. The van der Waals surface area contributed by atoms with Gasteiger partial charge in [-0.25, -0.2) is 4.39 Å². The zero-order valence-electron chi connectivity index (χ0n) is 22.3. The van der Waals surface area contributed by atoms with Gasteiger partial charge in [0.25, 0.3) is 5.91 Å². The van der Waals surface area contributed by atoms with Crippen LogP contribution in [-0.4, -0.2) is 71.3 Å². The molecule has 0 radical (unpaired) electrons. The number of anilines is 1. The molecule has 3 heterocycles. The van der Waals surface area contributed by atoms with Crippen LogP contribution in [0.5, 0.6) is 11.5 Å². The second-order valence-corrected chi connectivity index (χ2v) is 9.87. The number of carbonyl (C=O) groups is 2. The summed E-state index contributed by atoms with van der Waals surface area (Å²) >= 11 is 0. The minimum absolute atomic E-state index is 0.115. The third-order valence-corrected chi connectivity index (χ3v) is 7.19. The zero-order chi connectivity index (χ0) is 28.2. The van der Waals surface area contributed by atoms with Gasteiger partial charge >= 0.3 is 0 Å². The third kappa shape index (κ3) is 5.96. The molecular formula is C31H28FN5O4. The maximum Gasteiger partial charge on any atom is 0.254 e. The smallest absolute Gasteiger partial charge is 0.254 e. The number of benzene rings is 3. The number of hydrogen-bond donors (Lipinski definition) is 0. The van der Waals surface area contributed by atoms with E-state index in [9.17, 15) is 14.0 Å². The van der Waals surface area contributed by atoms with Crippen molar-refractivity contribution in [2.45, 2.75) is 6.54 Å². The van der Waals surface area contributed by atoms with E-state index in [1.54, 1.807) is 17.0 Å². The lowest BCUT2D eigenvalue weighted by Crippen LogP contribution is -2.52. The van der Waals surface area contributed by atoms with E-state index in [1.165, 1.54) is 29.2 Å². The van der Waals surface area contributed by atoms with Crippen molar-refractivity contribution in [1.29, 1.82) is 0 Å². The summed E-state index contributed by atoms with van der Waals surface area (Å²) in [5.74, 6) is 1.04. The van der Waals surface area contributed by atoms with Crippen LogP contribution in [0.3, 0.4) is 0 Å². The summed E-state index contributed by atoms with van der Waals surface area (Å²) in [6.45, 7) is 2.38. The largest absolute Gasteiger partial charge is 0.454 e. The topological polar surface area (TPSA) is 88.1 Å². The Kier molecular flexibility index (Phi) is 7.44. The molecule has 41 heavy (non-hydrogen) atoms.